The molecule has 0 unspecified atom stereocenters. The Morgan fingerprint density at radius 1 is 1.32 bits per heavy atom. The van der Waals surface area contributed by atoms with Gasteiger partial charge in [-0.25, -0.2) is 4.79 Å². The number of amides is 2. The first-order chi connectivity index (χ1) is 10.7. The fourth-order valence-electron chi connectivity index (χ4n) is 2.70. The number of hydrogen-bond donors (Lipinski definition) is 2. The molecule has 1 aromatic rings. The quantitative estimate of drug-likeness (QED) is 0.847. The van der Waals surface area contributed by atoms with Gasteiger partial charge in [0.05, 0.1) is 0 Å². The third-order valence-corrected chi connectivity index (χ3v) is 3.87. The number of carbonyl (C=O) groups excluding carboxylic acids is 1. The maximum Gasteiger partial charge on any atom is 0.317 e. The van der Waals surface area contributed by atoms with Gasteiger partial charge in [-0.1, -0.05) is 18.2 Å². The molecule has 2 amide bonds. The SMILES string of the molecule is CCNC(=O)N1CCC(N[C@@H](C)COc2ccccc2)CC1. The molecular weight excluding hydrogens is 278 g/mol. The molecule has 0 spiro atoms. The Morgan fingerprint density at radius 2 is 2.00 bits per heavy atom. The van der Waals surface area contributed by atoms with E-state index in [1.54, 1.807) is 0 Å². The summed E-state index contributed by atoms with van der Waals surface area (Å²) in [5.74, 6) is 0.905. The summed E-state index contributed by atoms with van der Waals surface area (Å²) in [6.45, 7) is 7.05. The van der Waals surface area contributed by atoms with E-state index in [0.717, 1.165) is 31.7 Å². The van der Waals surface area contributed by atoms with E-state index < -0.39 is 0 Å². The summed E-state index contributed by atoms with van der Waals surface area (Å²) in [5.41, 5.74) is 0. The van der Waals surface area contributed by atoms with Gasteiger partial charge in [0.15, 0.2) is 0 Å². The number of carbonyl (C=O) groups is 1. The summed E-state index contributed by atoms with van der Waals surface area (Å²) in [4.78, 5) is 13.7. The van der Waals surface area contributed by atoms with Gasteiger partial charge in [0.25, 0.3) is 0 Å². The minimum absolute atomic E-state index is 0.0569. The van der Waals surface area contributed by atoms with Gasteiger partial charge in [-0.15, -0.1) is 0 Å². The molecule has 2 rings (SSSR count). The number of nitrogens with zero attached hydrogens (tertiary/aromatic N) is 1. The molecule has 1 fully saturated rings. The van der Waals surface area contributed by atoms with Crippen molar-refractivity contribution in [2.45, 2.75) is 38.8 Å². The first-order valence-electron chi connectivity index (χ1n) is 8.15. The van der Waals surface area contributed by atoms with E-state index in [1.165, 1.54) is 0 Å². The van der Waals surface area contributed by atoms with Crippen molar-refractivity contribution in [3.05, 3.63) is 30.3 Å². The highest BCUT2D eigenvalue weighted by Crippen LogP contribution is 2.12. The van der Waals surface area contributed by atoms with Gasteiger partial charge >= 0.3 is 6.03 Å². The lowest BCUT2D eigenvalue weighted by molar-refractivity contribution is 0.170. The van der Waals surface area contributed by atoms with Crippen LogP contribution >= 0.6 is 0 Å². The first-order valence-corrected chi connectivity index (χ1v) is 8.15. The van der Waals surface area contributed by atoms with Crippen LogP contribution in [0.3, 0.4) is 0 Å². The number of likely N-dealkylation sites (tertiary alicyclic amines) is 1. The molecule has 0 saturated carbocycles. The smallest absolute Gasteiger partial charge is 0.317 e. The van der Waals surface area contributed by atoms with E-state index >= 15 is 0 Å². The van der Waals surface area contributed by atoms with Crippen LogP contribution in [-0.4, -0.2) is 49.3 Å². The third-order valence-electron chi connectivity index (χ3n) is 3.87. The lowest BCUT2D eigenvalue weighted by atomic mass is 10.0. The first kappa shape index (κ1) is 16.6. The zero-order valence-electron chi connectivity index (χ0n) is 13.5. The van der Waals surface area contributed by atoms with E-state index in [2.05, 4.69) is 17.6 Å². The Morgan fingerprint density at radius 3 is 2.64 bits per heavy atom. The standard InChI is InChI=1S/C17H27N3O2/c1-3-18-17(21)20-11-9-15(10-12-20)19-14(2)13-22-16-7-5-4-6-8-16/h4-8,14-15,19H,3,9-13H2,1-2H3,(H,18,21)/t14-/m0/s1. The molecule has 1 aliphatic heterocycles. The minimum Gasteiger partial charge on any atom is -0.492 e. The lowest BCUT2D eigenvalue weighted by Gasteiger charge is -2.33. The van der Waals surface area contributed by atoms with Crippen LogP contribution < -0.4 is 15.4 Å². The fourth-order valence-corrected chi connectivity index (χ4v) is 2.70. The summed E-state index contributed by atoms with van der Waals surface area (Å²) in [6.07, 6.45) is 1.99. The summed E-state index contributed by atoms with van der Waals surface area (Å²) >= 11 is 0. The number of piperidine rings is 1. The minimum atomic E-state index is 0.0569. The number of hydrogen-bond acceptors (Lipinski definition) is 3. The monoisotopic (exact) mass is 305 g/mol. The van der Waals surface area contributed by atoms with Gasteiger partial charge in [0.2, 0.25) is 0 Å². The lowest BCUT2D eigenvalue weighted by Crippen LogP contribution is -2.50. The van der Waals surface area contributed by atoms with E-state index in [4.69, 9.17) is 4.74 Å². The zero-order chi connectivity index (χ0) is 15.8. The van der Waals surface area contributed by atoms with Crippen molar-refractivity contribution in [3.63, 3.8) is 0 Å². The van der Waals surface area contributed by atoms with Crippen molar-refractivity contribution in [2.75, 3.05) is 26.2 Å². The van der Waals surface area contributed by atoms with Crippen LogP contribution in [0.1, 0.15) is 26.7 Å². The molecule has 5 heteroatoms. The maximum absolute atomic E-state index is 11.8. The average Bonchev–Trinajstić information content (AvgIpc) is 2.55. The highest BCUT2D eigenvalue weighted by Gasteiger charge is 2.23. The highest BCUT2D eigenvalue weighted by molar-refractivity contribution is 5.74. The molecule has 5 nitrogen and oxygen atoms in total. The van der Waals surface area contributed by atoms with Gasteiger partial charge in [-0.2, -0.15) is 0 Å². The Labute approximate surface area is 133 Å². The molecule has 1 aromatic carbocycles. The topological polar surface area (TPSA) is 53.6 Å². The van der Waals surface area contributed by atoms with Crippen molar-refractivity contribution >= 4 is 6.03 Å². The normalized spacial score (nSPS) is 17.1. The molecule has 0 radical (unpaired) electrons. The van der Waals surface area contributed by atoms with E-state index in [9.17, 15) is 4.79 Å². The molecule has 1 heterocycles. The van der Waals surface area contributed by atoms with Gasteiger partial charge < -0.3 is 20.3 Å². The Hall–Kier alpha value is -1.75. The molecule has 0 aliphatic carbocycles. The third kappa shape index (κ3) is 5.22. The molecule has 0 aromatic heterocycles. The zero-order valence-corrected chi connectivity index (χ0v) is 13.5. The van der Waals surface area contributed by atoms with Crippen molar-refractivity contribution in [3.8, 4) is 5.75 Å². The summed E-state index contributed by atoms with van der Waals surface area (Å²) in [5, 5.41) is 6.45. The molecule has 2 N–H and O–H groups in total. The van der Waals surface area contributed by atoms with Crippen molar-refractivity contribution < 1.29 is 9.53 Å². The van der Waals surface area contributed by atoms with Gasteiger partial charge in [0.1, 0.15) is 12.4 Å². The van der Waals surface area contributed by atoms with Crippen molar-refractivity contribution in [2.24, 2.45) is 0 Å². The van der Waals surface area contributed by atoms with E-state index in [0.29, 0.717) is 25.2 Å². The molecule has 1 saturated heterocycles. The number of para-hydroxylation sites is 1. The summed E-state index contributed by atoms with van der Waals surface area (Å²) in [7, 11) is 0. The average molecular weight is 305 g/mol. The molecule has 0 bridgehead atoms. The van der Waals surface area contributed by atoms with Crippen molar-refractivity contribution in [1.82, 2.24) is 15.5 Å². The van der Waals surface area contributed by atoms with E-state index in [-0.39, 0.29) is 6.03 Å². The number of nitrogens with one attached hydrogen (secondary N) is 2. The molecule has 122 valence electrons. The van der Waals surface area contributed by atoms with E-state index in [1.807, 2.05) is 42.2 Å². The van der Waals surface area contributed by atoms with Crippen LogP contribution in [0.25, 0.3) is 0 Å². The Balaban J connectivity index is 1.66. The van der Waals surface area contributed by atoms with Gasteiger partial charge in [-0.05, 0) is 38.8 Å². The second-order valence-corrected chi connectivity index (χ2v) is 5.79. The van der Waals surface area contributed by atoms with Crippen LogP contribution in [0.2, 0.25) is 0 Å². The van der Waals surface area contributed by atoms with Gasteiger partial charge in [0, 0.05) is 31.7 Å². The largest absolute Gasteiger partial charge is 0.492 e. The van der Waals surface area contributed by atoms with Crippen LogP contribution in [0.5, 0.6) is 5.75 Å². The maximum atomic E-state index is 11.8. The Bertz CT molecular complexity index is 444. The van der Waals surface area contributed by atoms with Crippen LogP contribution in [0.15, 0.2) is 30.3 Å². The molecular formula is C17H27N3O2. The predicted molar refractivity (Wildman–Crippen MR) is 88.2 cm³/mol. The molecule has 22 heavy (non-hydrogen) atoms. The summed E-state index contributed by atoms with van der Waals surface area (Å²) < 4.78 is 5.76. The predicted octanol–water partition coefficient (Wildman–Crippen LogP) is 2.24. The number of urea groups is 1. The second-order valence-electron chi connectivity index (χ2n) is 5.79. The van der Waals surface area contributed by atoms with Crippen LogP contribution in [-0.2, 0) is 0 Å². The summed E-state index contributed by atoms with van der Waals surface area (Å²) in [6, 6.07) is 10.7. The van der Waals surface area contributed by atoms with Crippen LogP contribution in [0, 0.1) is 0 Å². The fraction of sp³-hybridized carbons (Fsp3) is 0.588. The highest BCUT2D eigenvalue weighted by atomic mass is 16.5. The number of ether oxygens (including phenoxy) is 1. The van der Waals surface area contributed by atoms with Crippen LogP contribution in [0.4, 0.5) is 4.79 Å². The van der Waals surface area contributed by atoms with Gasteiger partial charge in [-0.3, -0.25) is 0 Å². The number of benzene rings is 1. The Kier molecular flexibility index (Phi) is 6.52. The molecule has 1 aliphatic rings. The molecule has 1 atom stereocenters. The number of rotatable bonds is 6. The van der Waals surface area contributed by atoms with Crippen molar-refractivity contribution in [1.29, 1.82) is 0 Å². The second kappa shape index (κ2) is 8.63.